The number of nitro benzene ring substituents is 2. The van der Waals surface area contributed by atoms with Crippen molar-refractivity contribution in [3.05, 3.63) is 74.3 Å². The number of benzene rings is 2. The van der Waals surface area contributed by atoms with E-state index in [0.29, 0.717) is 11.3 Å². The molecule has 1 aliphatic rings. The summed E-state index contributed by atoms with van der Waals surface area (Å²) in [5.74, 6) is -0.617. The Morgan fingerprint density at radius 3 is 2.23 bits per heavy atom. The van der Waals surface area contributed by atoms with Crippen LogP contribution in [-0.4, -0.2) is 24.7 Å². The molecule has 2 aromatic rings. The highest BCUT2D eigenvalue weighted by molar-refractivity contribution is 9.26. The molecule has 0 fully saturated rings. The lowest BCUT2D eigenvalue weighted by molar-refractivity contribution is -0.393. The SMILES string of the molecule is O=C1N(c2ccc([N+](=O)[O-])cc2[N+](=O)[O-])N=C(c2ccccc2)C1(Br)Br. The van der Waals surface area contributed by atoms with E-state index in [-0.39, 0.29) is 5.69 Å². The molecular formula is C15H8Br2N4O5. The Balaban J connectivity index is 2.15. The van der Waals surface area contributed by atoms with Crippen LogP contribution in [0, 0.1) is 20.2 Å². The van der Waals surface area contributed by atoms with Crippen LogP contribution in [0.3, 0.4) is 0 Å². The van der Waals surface area contributed by atoms with Crippen LogP contribution < -0.4 is 5.01 Å². The zero-order valence-corrected chi connectivity index (χ0v) is 15.9. The number of hydrogen-bond donors (Lipinski definition) is 0. The Kier molecular flexibility index (Phi) is 4.59. The first-order chi connectivity index (χ1) is 12.2. The van der Waals surface area contributed by atoms with Gasteiger partial charge in [0.15, 0.2) is 0 Å². The van der Waals surface area contributed by atoms with Crippen molar-refractivity contribution in [1.29, 1.82) is 0 Å². The minimum atomic E-state index is -1.38. The summed E-state index contributed by atoms with van der Waals surface area (Å²) in [5.41, 5.74) is -0.290. The highest BCUT2D eigenvalue weighted by atomic mass is 79.9. The molecule has 3 rings (SSSR count). The Morgan fingerprint density at radius 1 is 1.00 bits per heavy atom. The molecule has 0 saturated carbocycles. The molecule has 2 aromatic carbocycles. The van der Waals surface area contributed by atoms with E-state index in [4.69, 9.17) is 0 Å². The lowest BCUT2D eigenvalue weighted by atomic mass is 10.1. The molecule has 0 radical (unpaired) electrons. The number of halogens is 2. The minimum absolute atomic E-state index is 0.167. The quantitative estimate of drug-likeness (QED) is 0.372. The summed E-state index contributed by atoms with van der Waals surface area (Å²) in [5, 5.41) is 27.3. The molecule has 132 valence electrons. The zero-order chi connectivity index (χ0) is 19.1. The van der Waals surface area contributed by atoms with Gasteiger partial charge in [0, 0.05) is 11.6 Å². The summed E-state index contributed by atoms with van der Waals surface area (Å²) >= 11 is 6.53. The van der Waals surface area contributed by atoms with Crippen molar-refractivity contribution in [3.8, 4) is 0 Å². The number of non-ortho nitro benzene ring substituents is 1. The summed E-state index contributed by atoms with van der Waals surface area (Å²) in [6, 6.07) is 11.8. The molecule has 0 saturated heterocycles. The maximum atomic E-state index is 12.8. The third-order valence-electron chi connectivity index (χ3n) is 3.60. The lowest BCUT2D eigenvalue weighted by Gasteiger charge is -2.16. The second-order valence-electron chi connectivity index (χ2n) is 5.19. The number of carbonyl (C=O) groups is 1. The fourth-order valence-electron chi connectivity index (χ4n) is 2.39. The van der Waals surface area contributed by atoms with Crippen LogP contribution in [0.4, 0.5) is 17.1 Å². The topological polar surface area (TPSA) is 119 Å². The first-order valence-corrected chi connectivity index (χ1v) is 8.62. The number of anilines is 1. The number of hydrazone groups is 1. The molecular weight excluding hydrogens is 476 g/mol. The van der Waals surface area contributed by atoms with Gasteiger partial charge in [-0.1, -0.05) is 62.2 Å². The molecule has 26 heavy (non-hydrogen) atoms. The first-order valence-electron chi connectivity index (χ1n) is 7.03. The van der Waals surface area contributed by atoms with Crippen LogP contribution in [0.1, 0.15) is 5.56 Å². The van der Waals surface area contributed by atoms with Crippen molar-refractivity contribution in [3.63, 3.8) is 0 Å². The van der Waals surface area contributed by atoms with Gasteiger partial charge in [-0.3, -0.25) is 25.0 Å². The van der Waals surface area contributed by atoms with Gasteiger partial charge in [0.25, 0.3) is 11.6 Å². The molecule has 0 aromatic heterocycles. The molecule has 0 atom stereocenters. The summed E-state index contributed by atoms with van der Waals surface area (Å²) in [6.45, 7) is 0. The average molecular weight is 484 g/mol. The largest absolute Gasteiger partial charge is 0.301 e. The van der Waals surface area contributed by atoms with E-state index in [9.17, 15) is 25.0 Å². The lowest BCUT2D eigenvalue weighted by Crippen LogP contribution is -2.36. The van der Waals surface area contributed by atoms with Crippen LogP contribution in [0.25, 0.3) is 0 Å². The third kappa shape index (κ3) is 2.99. The van der Waals surface area contributed by atoms with Crippen LogP contribution in [0.15, 0.2) is 53.6 Å². The van der Waals surface area contributed by atoms with Gasteiger partial charge in [0.05, 0.1) is 15.9 Å². The van der Waals surface area contributed by atoms with E-state index in [2.05, 4.69) is 37.0 Å². The number of rotatable bonds is 4. The smallest absolute Gasteiger partial charge is 0.269 e. The third-order valence-corrected chi connectivity index (χ3v) is 5.03. The maximum absolute atomic E-state index is 12.8. The van der Waals surface area contributed by atoms with E-state index >= 15 is 0 Å². The fourth-order valence-corrected chi connectivity index (χ4v) is 3.34. The number of carbonyl (C=O) groups excluding carboxylic acids is 1. The van der Waals surface area contributed by atoms with Crippen LogP contribution in [-0.2, 0) is 4.79 Å². The number of nitro groups is 2. The minimum Gasteiger partial charge on any atom is -0.269 e. The molecule has 9 nitrogen and oxygen atoms in total. The van der Waals surface area contributed by atoms with Gasteiger partial charge in [-0.05, 0) is 6.07 Å². The number of nitrogens with zero attached hydrogens (tertiary/aromatic N) is 4. The van der Waals surface area contributed by atoms with Gasteiger partial charge in [-0.25, -0.2) is 0 Å². The Hall–Kier alpha value is -2.66. The summed E-state index contributed by atoms with van der Waals surface area (Å²) < 4.78 is -1.38. The predicted molar refractivity (Wildman–Crippen MR) is 101 cm³/mol. The number of amides is 1. The summed E-state index contributed by atoms with van der Waals surface area (Å²) in [6.07, 6.45) is 0. The second kappa shape index (κ2) is 6.57. The van der Waals surface area contributed by atoms with Gasteiger partial charge >= 0.3 is 5.69 Å². The molecule has 0 spiro atoms. The molecule has 1 heterocycles. The molecule has 0 unspecified atom stereocenters. The van der Waals surface area contributed by atoms with Crippen molar-refractivity contribution < 1.29 is 14.6 Å². The van der Waals surface area contributed by atoms with Crippen molar-refractivity contribution in [2.45, 2.75) is 3.23 Å². The standard InChI is InChI=1S/C15H8Br2N4O5/c16-15(17)13(9-4-2-1-3-5-9)18-19(14(15)22)11-7-6-10(20(23)24)8-12(11)21(25)26/h1-8H. The molecule has 11 heteroatoms. The Morgan fingerprint density at radius 2 is 1.65 bits per heavy atom. The van der Waals surface area contributed by atoms with Gasteiger partial charge in [-0.15, -0.1) is 0 Å². The normalized spacial score (nSPS) is 15.7. The molecule has 0 N–H and O–H groups in total. The van der Waals surface area contributed by atoms with E-state index in [0.717, 1.165) is 23.2 Å². The molecule has 0 bridgehead atoms. The molecule has 0 aliphatic carbocycles. The van der Waals surface area contributed by atoms with E-state index in [1.54, 1.807) is 30.3 Å². The monoisotopic (exact) mass is 482 g/mol. The highest BCUT2D eigenvalue weighted by Gasteiger charge is 2.49. The average Bonchev–Trinajstić information content (AvgIpc) is 2.85. The van der Waals surface area contributed by atoms with Gasteiger partial charge < -0.3 is 0 Å². The summed E-state index contributed by atoms with van der Waals surface area (Å²) in [7, 11) is 0. The van der Waals surface area contributed by atoms with Crippen molar-refractivity contribution in [2.24, 2.45) is 5.10 Å². The van der Waals surface area contributed by atoms with Gasteiger partial charge in [-0.2, -0.15) is 10.1 Å². The van der Waals surface area contributed by atoms with E-state index < -0.39 is 30.4 Å². The zero-order valence-electron chi connectivity index (χ0n) is 12.7. The van der Waals surface area contributed by atoms with Crippen molar-refractivity contribution in [1.82, 2.24) is 0 Å². The first kappa shape index (κ1) is 18.1. The Labute approximate surface area is 162 Å². The molecule has 1 aliphatic heterocycles. The maximum Gasteiger partial charge on any atom is 0.301 e. The van der Waals surface area contributed by atoms with E-state index in [1.165, 1.54) is 0 Å². The van der Waals surface area contributed by atoms with Gasteiger partial charge in [0.1, 0.15) is 11.4 Å². The second-order valence-corrected chi connectivity index (χ2v) is 8.64. The number of alkyl halides is 2. The highest BCUT2D eigenvalue weighted by Crippen LogP contribution is 2.43. The molecule has 1 amide bonds. The van der Waals surface area contributed by atoms with Crippen molar-refractivity contribution >= 4 is 60.5 Å². The Bertz CT molecular complexity index is 962. The predicted octanol–water partition coefficient (Wildman–Crippen LogP) is 3.74. The van der Waals surface area contributed by atoms with Gasteiger partial charge in [0.2, 0.25) is 3.23 Å². The number of hydrogen-bond acceptors (Lipinski definition) is 6. The van der Waals surface area contributed by atoms with Crippen LogP contribution >= 0.6 is 31.9 Å². The van der Waals surface area contributed by atoms with E-state index in [1.807, 2.05) is 0 Å². The van der Waals surface area contributed by atoms with Crippen molar-refractivity contribution in [2.75, 3.05) is 5.01 Å². The van der Waals surface area contributed by atoms with Crippen LogP contribution in [0.5, 0.6) is 0 Å². The fraction of sp³-hybridized carbons (Fsp3) is 0.0667. The summed E-state index contributed by atoms with van der Waals surface area (Å²) in [4.78, 5) is 33.4. The van der Waals surface area contributed by atoms with Crippen LogP contribution in [0.2, 0.25) is 0 Å².